The molecule has 0 bridgehead atoms. The number of carbonyl (C=O) groups is 5. The fourth-order valence-electron chi connectivity index (χ4n) is 5.92. The van der Waals surface area contributed by atoms with Gasteiger partial charge in [0.2, 0.25) is 6.29 Å². The van der Waals surface area contributed by atoms with Crippen LogP contribution >= 0.6 is 54.5 Å². The van der Waals surface area contributed by atoms with Gasteiger partial charge in [-0.05, 0) is 98.9 Å². The minimum absolute atomic E-state index is 0.0476. The molecule has 4 heterocycles. The molecule has 0 aliphatic heterocycles. The topological polar surface area (TPSA) is 190 Å². The van der Waals surface area contributed by atoms with Crippen LogP contribution in [-0.2, 0) is 42.8 Å². The molecule has 3 N–H and O–H groups in total. The van der Waals surface area contributed by atoms with Crippen LogP contribution in [0.2, 0.25) is 0 Å². The van der Waals surface area contributed by atoms with Crippen molar-refractivity contribution in [1.29, 1.82) is 0 Å². The molecule has 4 aromatic heterocycles. The van der Waals surface area contributed by atoms with E-state index >= 15 is 0 Å². The number of aromatic nitrogens is 4. The van der Waals surface area contributed by atoms with Gasteiger partial charge in [0.25, 0.3) is 11.8 Å². The number of carbonyl (C=O) groups excluding carboxylic acids is 4. The molecule has 372 valence electrons. The van der Waals surface area contributed by atoms with E-state index in [0.29, 0.717) is 27.8 Å². The highest BCUT2D eigenvalue weighted by molar-refractivity contribution is 9.10. The van der Waals surface area contributed by atoms with Crippen LogP contribution in [0.25, 0.3) is 22.8 Å². The van der Waals surface area contributed by atoms with Gasteiger partial charge in [-0.3, -0.25) is 14.4 Å². The molecular formula is C50H53Br2F3N6O7S2. The second kappa shape index (κ2) is 24.4. The van der Waals surface area contributed by atoms with Crippen LogP contribution in [0, 0.1) is 0 Å². The van der Waals surface area contributed by atoms with Gasteiger partial charge in [-0.25, -0.2) is 29.5 Å². The Morgan fingerprint density at radius 1 is 0.614 bits per heavy atom. The van der Waals surface area contributed by atoms with Crippen molar-refractivity contribution in [3.8, 4) is 22.8 Å². The summed E-state index contributed by atoms with van der Waals surface area (Å²) >= 11 is 9.47. The average molecular weight is 1130 g/mol. The minimum atomic E-state index is -4.64. The zero-order valence-corrected chi connectivity index (χ0v) is 44.6. The number of rotatable bonds is 12. The Kier molecular flexibility index (Phi) is 19.8. The summed E-state index contributed by atoms with van der Waals surface area (Å²) in [5.74, 6) is -0.997. The van der Waals surface area contributed by atoms with E-state index in [9.17, 15) is 37.5 Å². The Balaban J connectivity index is 0.000000274. The molecule has 6 aromatic rings. The Morgan fingerprint density at radius 2 is 0.957 bits per heavy atom. The van der Waals surface area contributed by atoms with Crippen LogP contribution in [0.5, 0.6) is 0 Å². The van der Waals surface area contributed by atoms with E-state index in [-0.39, 0.29) is 29.1 Å². The molecule has 0 fully saturated rings. The number of benzene rings is 2. The van der Waals surface area contributed by atoms with E-state index in [0.717, 1.165) is 41.0 Å². The summed E-state index contributed by atoms with van der Waals surface area (Å²) in [6, 6.07) is 20.5. The maximum Gasteiger partial charge on any atom is 0.446 e. The van der Waals surface area contributed by atoms with Crippen molar-refractivity contribution in [2.45, 2.75) is 110 Å². The SMILES string of the molecule is CC(C)(C)OC(=O)[C@H](Cc1ccc(-c2ncc(Br)cn2)cc1)NC(=O)c1ccc(C(C)(C)C)s1.CC(C)(C)c1ccc(C(=O)N[C@@H](Cc2ccc(-c3ncc(Br)cn3)cc2)C(=O)O)s1.O=CC(F)(F)F. The summed E-state index contributed by atoms with van der Waals surface area (Å²) < 4.78 is 38.5. The largest absolute Gasteiger partial charge is 0.480 e. The molecule has 0 aliphatic rings. The summed E-state index contributed by atoms with van der Waals surface area (Å²) in [5, 5.41) is 15.1. The summed E-state index contributed by atoms with van der Waals surface area (Å²) in [4.78, 5) is 79.3. The van der Waals surface area contributed by atoms with Gasteiger partial charge in [0.15, 0.2) is 11.6 Å². The average Bonchev–Trinajstić information content (AvgIpc) is 4.00. The van der Waals surface area contributed by atoms with Gasteiger partial charge in [-0.2, -0.15) is 13.2 Å². The van der Waals surface area contributed by atoms with E-state index in [4.69, 9.17) is 9.53 Å². The van der Waals surface area contributed by atoms with Crippen molar-refractivity contribution in [2.75, 3.05) is 0 Å². The lowest BCUT2D eigenvalue weighted by Crippen LogP contribution is -2.45. The first-order valence-corrected chi connectivity index (χ1v) is 24.7. The zero-order valence-electron chi connectivity index (χ0n) is 39.8. The highest BCUT2D eigenvalue weighted by Crippen LogP contribution is 2.31. The van der Waals surface area contributed by atoms with E-state index in [1.165, 1.54) is 22.7 Å². The molecule has 0 aliphatic carbocycles. The van der Waals surface area contributed by atoms with E-state index in [2.05, 4.69) is 104 Å². The second-order valence-corrected chi connectivity index (χ2v) is 22.7. The number of thiophene rings is 2. The highest BCUT2D eigenvalue weighted by Gasteiger charge is 2.29. The first-order chi connectivity index (χ1) is 32.5. The number of halogens is 5. The molecular weight excluding hydrogens is 1080 g/mol. The number of aliphatic carboxylic acids is 1. The standard InChI is InChI=1S/C26H30BrN3O3S.C22H22BrN3O3S.C2HF3O/c1-25(2,3)21-12-11-20(34-21)23(31)30-19(24(32)33-26(4,5)6)13-16-7-9-17(10-8-16)22-28-14-18(27)15-29-22;1-22(2,3)18-9-8-17(30-18)20(27)26-16(21(28)29)10-13-4-6-14(7-5-13)19-24-11-15(23)12-25-19;3-2(4,5)1-6/h7-12,14-15,19H,13H2,1-6H3,(H,30,31);4-9,11-12,16H,10H2,1-3H3,(H,26,27)(H,28,29);1H/t19-;16-;/m00./s1. The molecule has 0 unspecified atom stereocenters. The number of hydrogen-bond donors (Lipinski definition) is 3. The Morgan fingerprint density at radius 3 is 1.26 bits per heavy atom. The highest BCUT2D eigenvalue weighted by atomic mass is 79.9. The first kappa shape index (κ1) is 56.9. The van der Waals surface area contributed by atoms with Gasteiger partial charge in [-0.15, -0.1) is 22.7 Å². The normalized spacial score (nSPS) is 12.5. The Bertz CT molecular complexity index is 2710. The molecule has 20 heteroatoms. The Labute approximate surface area is 429 Å². The minimum Gasteiger partial charge on any atom is -0.480 e. The number of carboxylic acids is 1. The van der Waals surface area contributed by atoms with Crippen molar-refractivity contribution in [3.63, 3.8) is 0 Å². The smallest absolute Gasteiger partial charge is 0.446 e. The van der Waals surface area contributed by atoms with Crippen molar-refractivity contribution < 1.29 is 47.0 Å². The molecule has 0 radical (unpaired) electrons. The third-order valence-corrected chi connectivity index (χ3v) is 13.3. The summed E-state index contributed by atoms with van der Waals surface area (Å²) in [6.07, 6.45) is 1.51. The third kappa shape index (κ3) is 18.6. The number of nitrogens with zero attached hydrogens (tertiary/aromatic N) is 4. The summed E-state index contributed by atoms with van der Waals surface area (Å²) in [6.45, 7) is 18.0. The molecule has 13 nitrogen and oxygen atoms in total. The lowest BCUT2D eigenvalue weighted by Gasteiger charge is -2.24. The predicted molar refractivity (Wildman–Crippen MR) is 272 cm³/mol. The number of ether oxygens (including phenoxy) is 1. The number of amides is 2. The third-order valence-electron chi connectivity index (χ3n) is 9.42. The number of carboxylic acid groups (broad SMARTS) is 1. The molecule has 2 atom stereocenters. The number of aldehydes is 1. The number of hydrogen-bond acceptors (Lipinski definition) is 12. The number of nitrogens with one attached hydrogen (secondary N) is 2. The Hall–Kier alpha value is -5.70. The number of esters is 1. The molecule has 2 amide bonds. The lowest BCUT2D eigenvalue weighted by atomic mass is 9.95. The second-order valence-electron chi connectivity index (χ2n) is 18.7. The maximum atomic E-state index is 13.0. The van der Waals surface area contributed by atoms with Crippen molar-refractivity contribution in [2.24, 2.45) is 0 Å². The number of alkyl halides is 3. The van der Waals surface area contributed by atoms with E-state index < -0.39 is 42.1 Å². The van der Waals surface area contributed by atoms with Crippen LogP contribution in [0.4, 0.5) is 13.2 Å². The van der Waals surface area contributed by atoms with E-state index in [1.807, 2.05) is 81.4 Å². The summed E-state index contributed by atoms with van der Waals surface area (Å²) in [7, 11) is 0. The zero-order chi connectivity index (χ0) is 52.2. The van der Waals surface area contributed by atoms with Crippen LogP contribution in [0.15, 0.2) is 107 Å². The maximum absolute atomic E-state index is 13.0. The van der Waals surface area contributed by atoms with Gasteiger partial charge < -0.3 is 20.5 Å². The van der Waals surface area contributed by atoms with Crippen LogP contribution in [0.1, 0.15) is 103 Å². The molecule has 0 spiro atoms. The van der Waals surface area contributed by atoms with Gasteiger partial charge in [-0.1, -0.05) is 90.1 Å². The molecule has 0 saturated heterocycles. The van der Waals surface area contributed by atoms with E-state index in [1.54, 1.807) is 36.9 Å². The molecule has 0 saturated carbocycles. The fourth-order valence-corrected chi connectivity index (χ4v) is 8.27. The first-order valence-electron chi connectivity index (χ1n) is 21.5. The van der Waals surface area contributed by atoms with Crippen molar-refractivity contribution in [1.82, 2.24) is 30.6 Å². The van der Waals surface area contributed by atoms with Crippen LogP contribution < -0.4 is 10.6 Å². The van der Waals surface area contributed by atoms with Gasteiger partial charge in [0.1, 0.15) is 17.7 Å². The van der Waals surface area contributed by atoms with Crippen LogP contribution in [0.3, 0.4) is 0 Å². The van der Waals surface area contributed by atoms with Gasteiger partial charge >= 0.3 is 18.1 Å². The molecule has 2 aromatic carbocycles. The monoisotopic (exact) mass is 1130 g/mol. The van der Waals surface area contributed by atoms with Crippen molar-refractivity contribution in [3.05, 3.63) is 137 Å². The fraction of sp³-hybridized carbons (Fsp3) is 0.340. The van der Waals surface area contributed by atoms with Crippen molar-refractivity contribution >= 4 is 84.6 Å². The molecule has 70 heavy (non-hydrogen) atoms. The quantitative estimate of drug-likeness (QED) is 0.0781. The molecule has 6 rings (SSSR count). The van der Waals surface area contributed by atoms with Crippen LogP contribution in [-0.4, -0.2) is 78.9 Å². The van der Waals surface area contributed by atoms with Gasteiger partial charge in [0, 0.05) is 58.5 Å². The summed E-state index contributed by atoms with van der Waals surface area (Å²) in [5.41, 5.74) is 2.61. The lowest BCUT2D eigenvalue weighted by molar-refractivity contribution is -0.157. The predicted octanol–water partition coefficient (Wildman–Crippen LogP) is 11.4. The van der Waals surface area contributed by atoms with Gasteiger partial charge in [0.05, 0.1) is 18.7 Å².